The van der Waals surface area contributed by atoms with Gasteiger partial charge >= 0.3 is 0 Å². The monoisotopic (exact) mass is 1300 g/mol. The molecule has 0 bridgehead atoms. The molecule has 3 nitrogen and oxygen atoms in total. The summed E-state index contributed by atoms with van der Waals surface area (Å²) in [5.41, 5.74) is 29.0. The second-order valence-corrected chi connectivity index (χ2v) is 29.9. The molecule has 10 aliphatic carbocycles. The summed E-state index contributed by atoms with van der Waals surface area (Å²) in [4.78, 5) is 4.98. The molecule has 0 fully saturated rings. The minimum absolute atomic E-state index is 0.0212. The third-order valence-electron chi connectivity index (χ3n) is 24.3. The Bertz CT molecular complexity index is 4820. The van der Waals surface area contributed by atoms with E-state index in [1.165, 1.54) is 117 Å². The molecule has 0 saturated heterocycles. The molecule has 11 atom stereocenters. The lowest BCUT2D eigenvalue weighted by Gasteiger charge is -2.44. The van der Waals surface area contributed by atoms with Gasteiger partial charge in [-0.25, -0.2) is 8.78 Å². The molecule has 11 unspecified atom stereocenters. The van der Waals surface area contributed by atoms with E-state index < -0.39 is 11.6 Å². The van der Waals surface area contributed by atoms with Crippen molar-refractivity contribution in [3.63, 3.8) is 0 Å². The van der Waals surface area contributed by atoms with Crippen LogP contribution in [0.15, 0.2) is 307 Å². The fourth-order valence-electron chi connectivity index (χ4n) is 19.5. The molecule has 6 aromatic carbocycles. The van der Waals surface area contributed by atoms with Crippen LogP contribution in [0.3, 0.4) is 0 Å². The Kier molecular flexibility index (Phi) is 16.1. The predicted molar refractivity (Wildman–Crippen MR) is 405 cm³/mol. The lowest BCUT2D eigenvalue weighted by Crippen LogP contribution is -2.39. The maximum Gasteiger partial charge on any atom is 0.123 e. The maximum absolute atomic E-state index is 15.2. The van der Waals surface area contributed by atoms with Crippen molar-refractivity contribution in [3.8, 4) is 11.1 Å². The molecule has 11 aliphatic rings. The number of alkyl halides is 1. The van der Waals surface area contributed by atoms with E-state index in [1.54, 1.807) is 18.2 Å². The third kappa shape index (κ3) is 10.5. The first-order chi connectivity index (χ1) is 48.4. The van der Waals surface area contributed by atoms with Crippen molar-refractivity contribution in [1.29, 1.82) is 0 Å². The van der Waals surface area contributed by atoms with Gasteiger partial charge in [-0.15, -0.1) is 6.58 Å². The highest BCUT2D eigenvalue weighted by Crippen LogP contribution is 2.63. The standard InChI is InChI=1S/C94H88F2N2O/c1-7-63-27-33-69(34-28-63)93(87-51-59(3)23-25-61(87)5)85-21-11-9-19-79(85)81-47-31-67(55-89(81)93)65-15-13-17-75(53-65)97(73-41-37-71(95)38-42-73)77-45-49-83-84-50-46-78(58-92(84)99-91(83)57-77)98(74-43-39-72(96)40-44-74)76-18-14-16-66(54-76)68-32-48-82-80-20-10-12-22-86(80)94(90(82)56-68,70-35-29-64(8-2)30-36-70)88-52-60(4)24-26-62(88)6/h7-13,15-17,19-28,31-33,35,37-39,41-52,54,56,64-65,67,69,72,77-78,84,92H,1-2,14,18,29-30,34,36,40,53,55,57-58H2,3-6H3. The molecule has 0 aromatic heterocycles. The Morgan fingerprint density at radius 2 is 1.37 bits per heavy atom. The number of aryl methyl sites for hydroxylation is 4. The van der Waals surface area contributed by atoms with Gasteiger partial charge in [0.1, 0.15) is 23.9 Å². The number of ether oxygens (including phenoxy) is 1. The molecule has 6 aromatic rings. The summed E-state index contributed by atoms with van der Waals surface area (Å²) in [5, 5.41) is 0. The minimum atomic E-state index is -1.01. The zero-order chi connectivity index (χ0) is 67.3. The predicted octanol–water partition coefficient (Wildman–Crippen LogP) is 22.7. The van der Waals surface area contributed by atoms with Gasteiger partial charge in [0.2, 0.25) is 0 Å². The van der Waals surface area contributed by atoms with Crippen molar-refractivity contribution in [1.82, 2.24) is 4.90 Å². The fourth-order valence-corrected chi connectivity index (χ4v) is 19.5. The SMILES string of the molecule is C=CC1=CCC(C2(c3cc(C)ccc3C)C3=C(C=CC(C4C=CC=C(N(c5ccc(F)cc5)C5C=CC6=C(C5)OC5CC(N(C7=CCC(F)C=C7)C7=CC(c8ccc9c(c8)C(C8=CCC(C=C)CC8)(c8cc(C)ccc8C)c8ccccc8-9)=CCC7)C=CC65)C4)C3)c3ccccc32)C=C1. The third-order valence-corrected chi connectivity index (χ3v) is 24.3. The molecule has 0 N–H and O–H groups in total. The lowest BCUT2D eigenvalue weighted by atomic mass is 9.58. The van der Waals surface area contributed by atoms with Gasteiger partial charge in [0.05, 0.1) is 17.5 Å². The maximum atomic E-state index is 15.2. The van der Waals surface area contributed by atoms with E-state index in [0.717, 1.165) is 74.9 Å². The smallest absolute Gasteiger partial charge is 0.123 e. The number of anilines is 1. The molecule has 1 heterocycles. The van der Waals surface area contributed by atoms with Gasteiger partial charge in [-0.3, -0.25) is 0 Å². The van der Waals surface area contributed by atoms with Crippen LogP contribution in [-0.2, 0) is 15.6 Å². The van der Waals surface area contributed by atoms with Crippen molar-refractivity contribution in [2.75, 3.05) is 4.90 Å². The lowest BCUT2D eigenvalue weighted by molar-refractivity contribution is 0.0874. The zero-order valence-electron chi connectivity index (χ0n) is 57.6. The number of halogens is 2. The van der Waals surface area contributed by atoms with Crippen molar-refractivity contribution >= 4 is 16.8 Å². The Labute approximate surface area is 585 Å². The molecule has 0 spiro atoms. The van der Waals surface area contributed by atoms with E-state index in [2.05, 4.69) is 257 Å². The van der Waals surface area contributed by atoms with E-state index in [1.807, 2.05) is 24.3 Å². The summed E-state index contributed by atoms with van der Waals surface area (Å²) in [6.45, 7) is 17.4. The summed E-state index contributed by atoms with van der Waals surface area (Å²) in [6.07, 6.45) is 54.3. The van der Waals surface area contributed by atoms with Gasteiger partial charge in [0.25, 0.3) is 0 Å². The van der Waals surface area contributed by atoms with Crippen LogP contribution in [-0.4, -0.2) is 29.3 Å². The topological polar surface area (TPSA) is 15.7 Å². The van der Waals surface area contributed by atoms with Gasteiger partial charge in [-0.1, -0.05) is 218 Å². The molecular weight excluding hydrogens is 1210 g/mol. The average Bonchev–Trinajstić information content (AvgIpc) is 1.56. The van der Waals surface area contributed by atoms with E-state index in [9.17, 15) is 0 Å². The molecule has 0 saturated carbocycles. The van der Waals surface area contributed by atoms with E-state index in [-0.39, 0.29) is 53.1 Å². The van der Waals surface area contributed by atoms with E-state index in [4.69, 9.17) is 4.74 Å². The highest BCUT2D eigenvalue weighted by Gasteiger charge is 2.53. The summed E-state index contributed by atoms with van der Waals surface area (Å²) in [6, 6.07) is 46.8. The van der Waals surface area contributed by atoms with Gasteiger partial charge in [-0.2, -0.15) is 0 Å². The normalized spacial score (nSPS) is 28.2. The first-order valence-electron chi connectivity index (χ1n) is 36.5. The Morgan fingerprint density at radius 3 is 2.14 bits per heavy atom. The largest absolute Gasteiger partial charge is 0.493 e. The van der Waals surface area contributed by atoms with Crippen LogP contribution in [0.4, 0.5) is 14.5 Å². The number of allylic oxidation sites excluding steroid dienone is 24. The van der Waals surface area contributed by atoms with Crippen LogP contribution in [0.5, 0.6) is 0 Å². The van der Waals surface area contributed by atoms with Gasteiger partial charge in [-0.05, 0) is 241 Å². The number of benzene rings is 6. The number of hydrogen-bond acceptors (Lipinski definition) is 3. The summed E-state index contributed by atoms with van der Waals surface area (Å²) < 4.78 is 37.6. The molecule has 17 rings (SSSR count). The van der Waals surface area contributed by atoms with E-state index in [0.29, 0.717) is 18.8 Å². The zero-order valence-corrected chi connectivity index (χ0v) is 57.6. The van der Waals surface area contributed by atoms with Crippen LogP contribution in [0.2, 0.25) is 0 Å². The minimum Gasteiger partial charge on any atom is -0.493 e. The molecule has 0 amide bonds. The van der Waals surface area contributed by atoms with Crippen molar-refractivity contribution < 1.29 is 13.5 Å². The Balaban J connectivity index is 0.648. The van der Waals surface area contributed by atoms with Gasteiger partial charge in [0, 0.05) is 58.9 Å². The first-order valence-corrected chi connectivity index (χ1v) is 36.5. The second-order valence-electron chi connectivity index (χ2n) is 29.9. The molecular formula is C94H88F2N2O. The summed E-state index contributed by atoms with van der Waals surface area (Å²) in [5.74, 6) is 2.05. The Hall–Kier alpha value is -9.58. The van der Waals surface area contributed by atoms with Crippen LogP contribution < -0.4 is 4.90 Å². The van der Waals surface area contributed by atoms with Crippen LogP contribution in [0.1, 0.15) is 132 Å². The van der Waals surface area contributed by atoms with Crippen molar-refractivity contribution in [3.05, 3.63) is 374 Å². The molecule has 0 radical (unpaired) electrons. The quantitative estimate of drug-likeness (QED) is 0.101. The van der Waals surface area contributed by atoms with Crippen LogP contribution in [0.25, 0.3) is 22.3 Å². The Morgan fingerprint density at radius 1 is 0.596 bits per heavy atom. The van der Waals surface area contributed by atoms with Crippen LogP contribution in [0, 0.1) is 63.1 Å². The summed E-state index contributed by atoms with van der Waals surface area (Å²) >= 11 is 0. The number of rotatable bonds is 14. The first kappa shape index (κ1) is 62.9. The van der Waals surface area contributed by atoms with Gasteiger partial charge in [0.15, 0.2) is 0 Å². The van der Waals surface area contributed by atoms with Crippen molar-refractivity contribution in [2.45, 2.75) is 134 Å². The fraction of sp³-hybridized carbons (Fsp3) is 0.277. The van der Waals surface area contributed by atoms with Crippen molar-refractivity contribution in [2.24, 2.45) is 29.6 Å². The molecule has 5 heteroatoms. The second kappa shape index (κ2) is 25.3. The van der Waals surface area contributed by atoms with E-state index >= 15 is 8.78 Å². The molecule has 99 heavy (non-hydrogen) atoms. The van der Waals surface area contributed by atoms with Gasteiger partial charge < -0.3 is 14.5 Å². The number of nitrogens with zero attached hydrogens (tertiary/aromatic N) is 2. The number of fused-ring (bicyclic) bond motifs is 7. The highest BCUT2D eigenvalue weighted by atomic mass is 19.1. The number of hydrogen-bond donors (Lipinski definition) is 0. The highest BCUT2D eigenvalue weighted by molar-refractivity contribution is 5.91. The summed E-state index contributed by atoms with van der Waals surface area (Å²) in [7, 11) is 0. The molecule has 1 aliphatic heterocycles. The average molecular weight is 1300 g/mol. The molecule has 494 valence electrons. The van der Waals surface area contributed by atoms with Crippen LogP contribution >= 0.6 is 0 Å².